The van der Waals surface area contributed by atoms with Crippen LogP contribution in [0.3, 0.4) is 0 Å². The maximum atomic E-state index is 12.1. The van der Waals surface area contributed by atoms with Gasteiger partial charge in [-0.1, -0.05) is 42.5 Å². The molecule has 1 aliphatic heterocycles. The molecule has 0 saturated carbocycles. The molecule has 1 fully saturated rings. The minimum Gasteiger partial charge on any atom is -0.480 e. The van der Waals surface area contributed by atoms with Crippen LogP contribution in [0.25, 0.3) is 10.8 Å². The van der Waals surface area contributed by atoms with E-state index in [1.54, 1.807) is 0 Å². The van der Waals surface area contributed by atoms with Crippen LogP contribution in [0.5, 0.6) is 0 Å². The minimum atomic E-state index is -1.02. The van der Waals surface area contributed by atoms with E-state index in [0.717, 1.165) is 29.2 Å². The molecule has 0 aromatic heterocycles. The summed E-state index contributed by atoms with van der Waals surface area (Å²) in [5, 5.41) is 14.2. The van der Waals surface area contributed by atoms with Crippen molar-refractivity contribution in [3.05, 3.63) is 48.0 Å². The van der Waals surface area contributed by atoms with Gasteiger partial charge in [0.1, 0.15) is 6.04 Å². The lowest BCUT2D eigenvalue weighted by Gasteiger charge is -2.17. The van der Waals surface area contributed by atoms with E-state index in [0.29, 0.717) is 6.61 Å². The summed E-state index contributed by atoms with van der Waals surface area (Å²) in [4.78, 5) is 23.7. The molecular weight excluding hydrogens is 306 g/mol. The Morgan fingerprint density at radius 1 is 1.21 bits per heavy atom. The molecule has 2 N–H and O–H groups in total. The number of aliphatic carboxylic acids is 1. The van der Waals surface area contributed by atoms with Gasteiger partial charge < -0.3 is 15.2 Å². The first kappa shape index (κ1) is 16.5. The Morgan fingerprint density at radius 2 is 2.00 bits per heavy atom. The van der Waals surface area contributed by atoms with E-state index in [2.05, 4.69) is 5.32 Å². The normalized spacial score (nSPS) is 18.4. The number of ether oxygens (including phenoxy) is 1. The molecule has 2 atom stereocenters. The van der Waals surface area contributed by atoms with Gasteiger partial charge in [-0.05, 0) is 29.2 Å². The highest BCUT2D eigenvalue weighted by Crippen LogP contribution is 2.20. The van der Waals surface area contributed by atoms with Gasteiger partial charge in [0.25, 0.3) is 0 Å². The first-order valence-corrected chi connectivity index (χ1v) is 8.24. The van der Waals surface area contributed by atoms with Gasteiger partial charge in [-0.2, -0.15) is 0 Å². The number of benzene rings is 2. The second-order valence-electron chi connectivity index (χ2n) is 6.14. The summed E-state index contributed by atoms with van der Waals surface area (Å²) in [5.74, 6) is -1.29. The molecule has 5 heteroatoms. The van der Waals surface area contributed by atoms with Crippen LogP contribution in [0.4, 0.5) is 0 Å². The molecule has 126 valence electrons. The second kappa shape index (κ2) is 7.45. The number of nitrogens with one attached hydrogen (secondary N) is 1. The van der Waals surface area contributed by atoms with E-state index in [9.17, 15) is 14.7 Å². The van der Waals surface area contributed by atoms with Gasteiger partial charge >= 0.3 is 5.97 Å². The third-order valence-corrected chi connectivity index (χ3v) is 4.37. The molecule has 0 bridgehead atoms. The van der Waals surface area contributed by atoms with Gasteiger partial charge in [0.05, 0.1) is 12.5 Å². The van der Waals surface area contributed by atoms with Crippen molar-refractivity contribution in [2.45, 2.75) is 37.8 Å². The molecule has 0 spiro atoms. The molecule has 2 aromatic rings. The lowest BCUT2D eigenvalue weighted by atomic mass is 9.98. The molecule has 5 nitrogen and oxygen atoms in total. The Bertz CT molecular complexity index is 732. The molecule has 2 aromatic carbocycles. The Hall–Kier alpha value is -2.40. The Labute approximate surface area is 140 Å². The van der Waals surface area contributed by atoms with E-state index < -0.39 is 12.0 Å². The predicted molar refractivity (Wildman–Crippen MR) is 90.8 cm³/mol. The van der Waals surface area contributed by atoms with E-state index in [-0.39, 0.29) is 24.9 Å². The summed E-state index contributed by atoms with van der Waals surface area (Å²) in [6.07, 6.45) is 2.20. The van der Waals surface area contributed by atoms with E-state index in [4.69, 9.17) is 4.74 Å². The Balaban J connectivity index is 1.71. The average Bonchev–Trinajstić information content (AvgIpc) is 3.07. The monoisotopic (exact) mass is 327 g/mol. The fourth-order valence-corrected chi connectivity index (χ4v) is 3.16. The number of carboxylic acid groups (broad SMARTS) is 1. The first-order chi connectivity index (χ1) is 11.6. The van der Waals surface area contributed by atoms with Gasteiger partial charge in [-0.25, -0.2) is 4.79 Å². The number of carbonyl (C=O) groups excluding carboxylic acids is 1. The summed E-state index contributed by atoms with van der Waals surface area (Å²) >= 11 is 0. The summed E-state index contributed by atoms with van der Waals surface area (Å²) in [7, 11) is 0. The van der Waals surface area contributed by atoms with E-state index in [1.165, 1.54) is 0 Å². The van der Waals surface area contributed by atoms with Crippen LogP contribution in [-0.2, 0) is 20.7 Å². The zero-order valence-corrected chi connectivity index (χ0v) is 13.4. The van der Waals surface area contributed by atoms with Crippen LogP contribution in [-0.4, -0.2) is 35.7 Å². The van der Waals surface area contributed by atoms with Crippen LogP contribution in [0, 0.1) is 0 Å². The quantitative estimate of drug-likeness (QED) is 0.855. The summed E-state index contributed by atoms with van der Waals surface area (Å²) < 4.78 is 5.43. The fraction of sp³-hybridized carbons (Fsp3) is 0.368. The van der Waals surface area contributed by atoms with Crippen LogP contribution >= 0.6 is 0 Å². The number of carboxylic acids is 1. The summed E-state index contributed by atoms with van der Waals surface area (Å²) in [6, 6.07) is 12.7. The van der Waals surface area contributed by atoms with Crippen molar-refractivity contribution >= 4 is 22.6 Å². The van der Waals surface area contributed by atoms with Crippen LogP contribution in [0.1, 0.15) is 24.8 Å². The third kappa shape index (κ3) is 3.92. The van der Waals surface area contributed by atoms with E-state index >= 15 is 0 Å². The molecule has 0 aliphatic carbocycles. The Morgan fingerprint density at radius 3 is 2.75 bits per heavy atom. The lowest BCUT2D eigenvalue weighted by Crippen LogP contribution is -2.43. The van der Waals surface area contributed by atoms with Crippen molar-refractivity contribution in [3.8, 4) is 0 Å². The minimum absolute atomic E-state index is 0.0861. The molecule has 2 unspecified atom stereocenters. The van der Waals surface area contributed by atoms with E-state index in [1.807, 2.05) is 42.5 Å². The molecular formula is C19H21NO4. The Kier molecular flexibility index (Phi) is 5.11. The maximum Gasteiger partial charge on any atom is 0.326 e. The average molecular weight is 327 g/mol. The van der Waals surface area contributed by atoms with Crippen molar-refractivity contribution < 1.29 is 19.4 Å². The maximum absolute atomic E-state index is 12.1. The van der Waals surface area contributed by atoms with Crippen molar-refractivity contribution in [3.63, 3.8) is 0 Å². The van der Waals surface area contributed by atoms with Gasteiger partial charge in [-0.3, -0.25) is 4.79 Å². The molecule has 3 rings (SSSR count). The van der Waals surface area contributed by atoms with Crippen LogP contribution < -0.4 is 5.32 Å². The number of fused-ring (bicyclic) bond motifs is 1. The zero-order valence-electron chi connectivity index (χ0n) is 13.4. The van der Waals surface area contributed by atoms with Gasteiger partial charge in [0.2, 0.25) is 5.91 Å². The number of rotatable bonds is 6. The molecule has 1 saturated heterocycles. The largest absolute Gasteiger partial charge is 0.480 e. The van der Waals surface area contributed by atoms with Crippen molar-refractivity contribution in [1.29, 1.82) is 0 Å². The van der Waals surface area contributed by atoms with Crippen molar-refractivity contribution in [1.82, 2.24) is 5.32 Å². The van der Waals surface area contributed by atoms with Gasteiger partial charge in [0, 0.05) is 13.0 Å². The molecule has 0 radical (unpaired) electrons. The van der Waals surface area contributed by atoms with Crippen molar-refractivity contribution in [2.24, 2.45) is 0 Å². The van der Waals surface area contributed by atoms with Crippen LogP contribution in [0.15, 0.2) is 42.5 Å². The molecule has 1 heterocycles. The highest BCUT2D eigenvalue weighted by Gasteiger charge is 2.24. The SMILES string of the molecule is O=C(CC1CCCO1)NC(Cc1cccc2ccccc12)C(=O)O. The molecule has 1 amide bonds. The number of carbonyl (C=O) groups is 2. The number of hydrogen-bond acceptors (Lipinski definition) is 3. The highest BCUT2D eigenvalue weighted by molar-refractivity contribution is 5.88. The zero-order chi connectivity index (χ0) is 16.9. The summed E-state index contributed by atoms with van der Waals surface area (Å²) in [6.45, 7) is 0.677. The number of hydrogen-bond donors (Lipinski definition) is 2. The van der Waals surface area contributed by atoms with Gasteiger partial charge in [0.15, 0.2) is 0 Å². The topological polar surface area (TPSA) is 75.6 Å². The number of amides is 1. The molecule has 24 heavy (non-hydrogen) atoms. The van der Waals surface area contributed by atoms with Crippen LogP contribution in [0.2, 0.25) is 0 Å². The highest BCUT2D eigenvalue weighted by atomic mass is 16.5. The fourth-order valence-electron chi connectivity index (χ4n) is 3.16. The lowest BCUT2D eigenvalue weighted by molar-refractivity contribution is -0.142. The summed E-state index contributed by atoms with van der Waals surface area (Å²) in [5.41, 5.74) is 0.915. The van der Waals surface area contributed by atoms with Gasteiger partial charge in [-0.15, -0.1) is 0 Å². The smallest absolute Gasteiger partial charge is 0.326 e. The van der Waals surface area contributed by atoms with Crippen molar-refractivity contribution in [2.75, 3.05) is 6.61 Å². The second-order valence-corrected chi connectivity index (χ2v) is 6.14. The third-order valence-electron chi connectivity index (χ3n) is 4.37. The predicted octanol–water partition coefficient (Wildman–Crippen LogP) is 2.52. The molecule has 1 aliphatic rings. The first-order valence-electron chi connectivity index (χ1n) is 8.24. The standard InChI is InChI=1S/C19H21NO4/c21-18(12-15-8-4-10-24-15)20-17(19(22)23)11-14-7-3-6-13-5-1-2-9-16(13)14/h1-3,5-7,9,15,17H,4,8,10-12H2,(H,20,21)(H,22,23).